The van der Waals surface area contributed by atoms with Crippen molar-refractivity contribution in [2.24, 2.45) is 17.8 Å². The number of carbonyl (C=O) groups is 1. The molecule has 1 spiro atoms. The molecular weight excluding hydrogens is 471 g/mol. The zero-order chi connectivity index (χ0) is 26.3. The molecule has 4 heteroatoms. The summed E-state index contributed by atoms with van der Waals surface area (Å²) in [4.78, 5) is 17.0. The number of amides is 1. The van der Waals surface area contributed by atoms with Crippen molar-refractivity contribution in [1.29, 1.82) is 0 Å². The van der Waals surface area contributed by atoms with Gasteiger partial charge in [-0.2, -0.15) is 0 Å². The summed E-state index contributed by atoms with van der Waals surface area (Å²) < 4.78 is 15.9. The molecule has 0 unspecified atom stereocenters. The lowest BCUT2D eigenvalue weighted by atomic mass is 9.67. The van der Waals surface area contributed by atoms with Gasteiger partial charge in [-0.05, 0) is 97.9 Å². The van der Waals surface area contributed by atoms with Crippen LogP contribution in [0, 0.1) is 30.5 Å². The number of likely N-dealkylation sites (tertiary alicyclic amines) is 1. The minimum absolute atomic E-state index is 0.0952. The standard InChI is InChI=1S/C34H45FN2O/c1-23-13-15-34(32-28(17-23)18-24(2)19-30(32)35)22-36-21-29(34)33(38)37-16-14-27(25-9-5-3-6-10-25)20-31(37)26-11-7-4-8-12-26/h3,5-6,9-10,18-19,23,26-27,29,31,36H,4,7-8,11-17,20-22H2,1-2H3/t23-,27+,29-,31-,34+/m0/s1. The minimum atomic E-state index is -0.442. The van der Waals surface area contributed by atoms with Crippen LogP contribution >= 0.6 is 0 Å². The number of rotatable bonds is 3. The van der Waals surface area contributed by atoms with E-state index >= 15 is 4.39 Å². The number of halogens is 1. The average molecular weight is 517 g/mol. The zero-order valence-electron chi connectivity index (χ0n) is 23.4. The molecular formula is C34H45FN2O. The maximum Gasteiger partial charge on any atom is 0.228 e. The van der Waals surface area contributed by atoms with Crippen LogP contribution in [0.5, 0.6) is 0 Å². The largest absolute Gasteiger partial charge is 0.339 e. The van der Waals surface area contributed by atoms with Crippen molar-refractivity contribution in [3.8, 4) is 0 Å². The van der Waals surface area contributed by atoms with Crippen molar-refractivity contribution in [2.75, 3.05) is 19.6 Å². The van der Waals surface area contributed by atoms with Gasteiger partial charge in [-0.15, -0.1) is 0 Å². The molecule has 1 amide bonds. The summed E-state index contributed by atoms with van der Waals surface area (Å²) in [5, 5.41) is 3.59. The lowest BCUT2D eigenvalue weighted by molar-refractivity contribution is -0.143. The van der Waals surface area contributed by atoms with E-state index in [9.17, 15) is 4.79 Å². The van der Waals surface area contributed by atoms with Gasteiger partial charge in [0.2, 0.25) is 5.91 Å². The topological polar surface area (TPSA) is 32.3 Å². The molecule has 4 aliphatic rings. The lowest BCUT2D eigenvalue weighted by Crippen LogP contribution is -2.55. The number of hydrogen-bond acceptors (Lipinski definition) is 2. The third kappa shape index (κ3) is 4.72. The lowest BCUT2D eigenvalue weighted by Gasteiger charge is -2.47. The molecule has 2 aromatic carbocycles. The number of aryl methyl sites for hydroxylation is 1. The Kier molecular flexibility index (Phi) is 7.37. The molecule has 2 aromatic rings. The van der Waals surface area contributed by atoms with Gasteiger partial charge >= 0.3 is 0 Å². The fraction of sp³-hybridized carbons (Fsp3) is 0.618. The Labute approximate surface area is 228 Å². The van der Waals surface area contributed by atoms with Gasteiger partial charge in [0.05, 0.1) is 5.92 Å². The molecule has 204 valence electrons. The first-order valence-corrected chi connectivity index (χ1v) is 15.3. The van der Waals surface area contributed by atoms with Crippen molar-refractivity contribution < 1.29 is 9.18 Å². The van der Waals surface area contributed by atoms with Crippen molar-refractivity contribution >= 4 is 5.91 Å². The Balaban J connectivity index is 1.34. The highest BCUT2D eigenvalue weighted by molar-refractivity contribution is 5.82. The highest BCUT2D eigenvalue weighted by Crippen LogP contribution is 2.48. The number of nitrogens with zero attached hydrogens (tertiary/aromatic N) is 1. The SMILES string of the molecule is Cc1cc(F)c2c(c1)C[C@@H](C)CC[C@]21CNC[C@H]1C(=O)N1CC[C@@H](c2ccccc2)C[C@H]1C1CCCCC1. The normalized spacial score (nSPS) is 32.2. The first kappa shape index (κ1) is 26.0. The molecule has 0 bridgehead atoms. The van der Waals surface area contributed by atoms with Gasteiger partial charge in [0.15, 0.2) is 0 Å². The van der Waals surface area contributed by atoms with Crippen LogP contribution in [0.2, 0.25) is 0 Å². The maximum atomic E-state index is 15.9. The summed E-state index contributed by atoms with van der Waals surface area (Å²) in [5.74, 6) is 1.61. The number of benzene rings is 2. The zero-order valence-corrected chi connectivity index (χ0v) is 23.4. The Bertz CT molecular complexity index is 1140. The fourth-order valence-corrected chi connectivity index (χ4v) is 8.71. The number of carbonyl (C=O) groups excluding carboxylic acids is 1. The average Bonchev–Trinajstić information content (AvgIpc) is 3.30. The van der Waals surface area contributed by atoms with Crippen molar-refractivity contribution in [1.82, 2.24) is 10.2 Å². The number of fused-ring (bicyclic) bond motifs is 2. The minimum Gasteiger partial charge on any atom is -0.339 e. The number of hydrogen-bond donors (Lipinski definition) is 1. The van der Waals surface area contributed by atoms with Crippen LogP contribution in [0.15, 0.2) is 42.5 Å². The Morgan fingerprint density at radius 2 is 1.84 bits per heavy atom. The summed E-state index contributed by atoms with van der Waals surface area (Å²) in [6.07, 6.45) is 11.3. The second-order valence-corrected chi connectivity index (χ2v) is 13.1. The van der Waals surface area contributed by atoms with Gasteiger partial charge in [-0.25, -0.2) is 4.39 Å². The van der Waals surface area contributed by atoms with E-state index in [-0.39, 0.29) is 17.6 Å². The summed E-state index contributed by atoms with van der Waals surface area (Å²) in [6, 6.07) is 15.1. The molecule has 38 heavy (non-hydrogen) atoms. The molecule has 0 radical (unpaired) electrons. The Morgan fingerprint density at radius 1 is 1.05 bits per heavy atom. The van der Waals surface area contributed by atoms with Crippen LogP contribution < -0.4 is 5.32 Å². The molecule has 2 aliphatic heterocycles. The first-order valence-electron chi connectivity index (χ1n) is 15.3. The fourth-order valence-electron chi connectivity index (χ4n) is 8.71. The van der Waals surface area contributed by atoms with E-state index in [1.54, 1.807) is 6.07 Å². The van der Waals surface area contributed by atoms with E-state index < -0.39 is 5.41 Å². The summed E-state index contributed by atoms with van der Waals surface area (Å²) in [5.41, 5.74) is 3.95. The Hall–Kier alpha value is -2.20. The van der Waals surface area contributed by atoms with Gasteiger partial charge in [-0.1, -0.05) is 62.6 Å². The molecule has 2 saturated heterocycles. The molecule has 3 fully saturated rings. The van der Waals surface area contributed by atoms with Crippen LogP contribution in [-0.2, 0) is 16.6 Å². The second kappa shape index (κ2) is 10.8. The summed E-state index contributed by atoms with van der Waals surface area (Å²) in [7, 11) is 0. The predicted molar refractivity (Wildman–Crippen MR) is 152 cm³/mol. The summed E-state index contributed by atoms with van der Waals surface area (Å²) in [6.45, 7) is 6.47. The predicted octanol–water partition coefficient (Wildman–Crippen LogP) is 6.92. The summed E-state index contributed by atoms with van der Waals surface area (Å²) >= 11 is 0. The van der Waals surface area contributed by atoms with Gasteiger partial charge in [0, 0.05) is 31.1 Å². The van der Waals surface area contributed by atoms with Crippen LogP contribution in [-0.4, -0.2) is 36.5 Å². The molecule has 0 aromatic heterocycles. The molecule has 6 rings (SSSR count). The van der Waals surface area contributed by atoms with Gasteiger partial charge < -0.3 is 10.2 Å². The van der Waals surface area contributed by atoms with E-state index in [4.69, 9.17) is 0 Å². The Morgan fingerprint density at radius 3 is 2.63 bits per heavy atom. The van der Waals surface area contributed by atoms with Gasteiger partial charge in [-0.3, -0.25) is 4.79 Å². The third-order valence-corrected chi connectivity index (χ3v) is 10.6. The monoisotopic (exact) mass is 516 g/mol. The van der Waals surface area contributed by atoms with Crippen molar-refractivity contribution in [2.45, 2.75) is 95.4 Å². The number of nitrogens with one attached hydrogen (secondary N) is 1. The number of piperidine rings is 1. The smallest absolute Gasteiger partial charge is 0.228 e. The third-order valence-electron chi connectivity index (χ3n) is 10.6. The molecule has 2 aliphatic carbocycles. The van der Waals surface area contributed by atoms with Gasteiger partial charge in [0.25, 0.3) is 0 Å². The first-order chi connectivity index (χ1) is 18.5. The van der Waals surface area contributed by atoms with Gasteiger partial charge in [0.1, 0.15) is 5.82 Å². The van der Waals surface area contributed by atoms with Crippen LogP contribution in [0.1, 0.15) is 92.9 Å². The molecule has 2 heterocycles. The highest BCUT2D eigenvalue weighted by atomic mass is 19.1. The van der Waals surface area contributed by atoms with Crippen molar-refractivity contribution in [3.05, 3.63) is 70.5 Å². The van der Waals surface area contributed by atoms with E-state index in [0.29, 0.717) is 36.9 Å². The van der Waals surface area contributed by atoms with Crippen molar-refractivity contribution in [3.63, 3.8) is 0 Å². The van der Waals surface area contributed by atoms with Crippen LogP contribution in [0.25, 0.3) is 0 Å². The van der Waals surface area contributed by atoms with E-state index in [1.807, 2.05) is 6.92 Å². The molecule has 5 atom stereocenters. The highest BCUT2D eigenvalue weighted by Gasteiger charge is 2.53. The van der Waals surface area contributed by atoms with E-state index in [0.717, 1.165) is 55.3 Å². The quantitative estimate of drug-likeness (QED) is 0.480. The van der Waals surface area contributed by atoms with Crippen LogP contribution in [0.4, 0.5) is 4.39 Å². The molecule has 1 N–H and O–H groups in total. The van der Waals surface area contributed by atoms with E-state index in [1.165, 1.54) is 37.7 Å². The molecule has 3 nitrogen and oxygen atoms in total. The second-order valence-electron chi connectivity index (χ2n) is 13.1. The maximum absolute atomic E-state index is 15.9. The van der Waals surface area contributed by atoms with Crippen LogP contribution in [0.3, 0.4) is 0 Å². The molecule has 1 saturated carbocycles. The van der Waals surface area contributed by atoms with E-state index in [2.05, 4.69) is 53.5 Å².